The minimum Gasteiger partial charge on any atom is -0.299 e. The van der Waals surface area contributed by atoms with Crippen LogP contribution in [-0.2, 0) is 4.79 Å². The lowest BCUT2D eigenvalue weighted by Gasteiger charge is -2.30. The van der Waals surface area contributed by atoms with Gasteiger partial charge in [-0.1, -0.05) is 53.4 Å². The molecule has 0 radical (unpaired) electrons. The number of hydrogen-bond acceptors (Lipinski definition) is 1. The van der Waals surface area contributed by atoms with E-state index in [1.165, 1.54) is 25.7 Å². The summed E-state index contributed by atoms with van der Waals surface area (Å²) in [5.41, 5.74) is 0.00372. The summed E-state index contributed by atoms with van der Waals surface area (Å²) in [6, 6.07) is 0. The quantitative estimate of drug-likeness (QED) is 0.472. The van der Waals surface area contributed by atoms with Crippen molar-refractivity contribution in [1.29, 1.82) is 0 Å². The topological polar surface area (TPSA) is 17.1 Å². The van der Waals surface area contributed by atoms with Crippen molar-refractivity contribution < 1.29 is 4.79 Å². The predicted octanol–water partition coefficient (Wildman–Crippen LogP) is 5.13. The Balaban J connectivity index is 4.31. The average Bonchev–Trinajstić information content (AvgIpc) is 2.31. The summed E-state index contributed by atoms with van der Waals surface area (Å²) in [7, 11) is 0. The number of hydrogen-bond donors (Lipinski definition) is 0. The minimum absolute atomic E-state index is 0.00372. The van der Waals surface area contributed by atoms with Crippen LogP contribution in [0.4, 0.5) is 0 Å². The monoisotopic (exact) mass is 226 g/mol. The molecule has 0 atom stereocenters. The molecule has 0 heterocycles. The number of carbonyl (C=O) groups excluding carboxylic acids is 1. The summed E-state index contributed by atoms with van der Waals surface area (Å²) in [5, 5.41) is 0. The van der Waals surface area contributed by atoms with Gasteiger partial charge in [0, 0.05) is 11.8 Å². The van der Waals surface area contributed by atoms with Crippen molar-refractivity contribution in [3.63, 3.8) is 0 Å². The molecule has 0 aromatic carbocycles. The smallest absolute Gasteiger partial charge is 0.139 e. The zero-order chi connectivity index (χ0) is 12.4. The van der Waals surface area contributed by atoms with E-state index < -0.39 is 0 Å². The molecule has 0 aromatic rings. The molecule has 0 rings (SSSR count). The van der Waals surface area contributed by atoms with Crippen LogP contribution in [-0.4, -0.2) is 5.78 Å². The summed E-state index contributed by atoms with van der Waals surface area (Å²) in [5.74, 6) is 0.527. The maximum absolute atomic E-state index is 12.3. The van der Waals surface area contributed by atoms with E-state index in [9.17, 15) is 4.79 Å². The largest absolute Gasteiger partial charge is 0.299 e. The number of ketones is 1. The van der Waals surface area contributed by atoms with Crippen molar-refractivity contribution in [2.45, 2.75) is 85.5 Å². The molecule has 0 spiro atoms. The molecule has 0 amide bonds. The maximum atomic E-state index is 12.3. The highest BCUT2D eigenvalue weighted by Crippen LogP contribution is 2.35. The molecule has 96 valence electrons. The Labute approximate surface area is 102 Å². The Hall–Kier alpha value is -0.330. The van der Waals surface area contributed by atoms with E-state index in [1.54, 1.807) is 0 Å². The van der Waals surface area contributed by atoms with E-state index >= 15 is 0 Å². The van der Waals surface area contributed by atoms with E-state index in [2.05, 4.69) is 27.7 Å². The zero-order valence-corrected chi connectivity index (χ0v) is 11.8. The lowest BCUT2D eigenvalue weighted by molar-refractivity contribution is -0.130. The van der Waals surface area contributed by atoms with Gasteiger partial charge in [-0.25, -0.2) is 0 Å². The normalized spacial score (nSPS) is 11.8. The molecule has 0 unspecified atom stereocenters. The van der Waals surface area contributed by atoms with Gasteiger partial charge >= 0.3 is 0 Å². The Morgan fingerprint density at radius 1 is 0.875 bits per heavy atom. The summed E-state index contributed by atoms with van der Waals surface area (Å²) < 4.78 is 0. The highest BCUT2D eigenvalue weighted by Gasteiger charge is 2.32. The van der Waals surface area contributed by atoms with Crippen molar-refractivity contribution >= 4 is 5.78 Å². The Kier molecular flexibility index (Phi) is 8.60. The first-order valence-corrected chi connectivity index (χ1v) is 7.20. The predicted molar refractivity (Wildman–Crippen MR) is 71.7 cm³/mol. The fourth-order valence-electron chi connectivity index (χ4n) is 2.45. The molecule has 0 saturated heterocycles. The van der Waals surface area contributed by atoms with E-state index in [1.807, 2.05) is 0 Å². The first-order chi connectivity index (χ1) is 7.66. The Morgan fingerprint density at radius 3 is 1.88 bits per heavy atom. The van der Waals surface area contributed by atoms with Gasteiger partial charge in [0.25, 0.3) is 0 Å². The van der Waals surface area contributed by atoms with Gasteiger partial charge < -0.3 is 0 Å². The van der Waals surface area contributed by atoms with Crippen LogP contribution in [0.3, 0.4) is 0 Å². The molecule has 0 N–H and O–H groups in total. The summed E-state index contributed by atoms with van der Waals surface area (Å²) in [4.78, 5) is 12.3. The SMILES string of the molecule is CCCCCC(=O)C(CC)(CC)CCCC. The molecule has 1 nitrogen and oxygen atoms in total. The van der Waals surface area contributed by atoms with E-state index in [0.717, 1.165) is 32.1 Å². The highest BCUT2D eigenvalue weighted by molar-refractivity contribution is 5.84. The third-order valence-corrected chi connectivity index (χ3v) is 3.96. The molecule has 0 aliphatic rings. The molecule has 0 aromatic heterocycles. The number of rotatable bonds is 10. The highest BCUT2D eigenvalue weighted by atomic mass is 16.1. The second-order valence-corrected chi connectivity index (χ2v) is 4.97. The standard InChI is InChI=1S/C15H30O/c1-5-9-11-12-14(16)15(7-3,8-4)13-10-6-2/h5-13H2,1-4H3. The van der Waals surface area contributed by atoms with Crippen LogP contribution < -0.4 is 0 Å². The average molecular weight is 226 g/mol. The third kappa shape index (κ3) is 4.67. The van der Waals surface area contributed by atoms with Crippen LogP contribution >= 0.6 is 0 Å². The first-order valence-electron chi connectivity index (χ1n) is 7.20. The second-order valence-electron chi connectivity index (χ2n) is 4.97. The molecular formula is C15H30O. The van der Waals surface area contributed by atoms with Crippen molar-refractivity contribution in [3.8, 4) is 0 Å². The molecular weight excluding hydrogens is 196 g/mol. The van der Waals surface area contributed by atoms with E-state index in [4.69, 9.17) is 0 Å². The summed E-state index contributed by atoms with van der Waals surface area (Å²) in [6.07, 6.45) is 9.83. The molecule has 1 heteroatoms. The summed E-state index contributed by atoms with van der Waals surface area (Å²) in [6.45, 7) is 8.75. The van der Waals surface area contributed by atoms with Gasteiger partial charge in [0.05, 0.1) is 0 Å². The Morgan fingerprint density at radius 2 is 1.44 bits per heavy atom. The van der Waals surface area contributed by atoms with Crippen LogP contribution in [0.5, 0.6) is 0 Å². The molecule has 16 heavy (non-hydrogen) atoms. The molecule has 0 aliphatic carbocycles. The fraction of sp³-hybridized carbons (Fsp3) is 0.933. The minimum atomic E-state index is 0.00372. The zero-order valence-electron chi connectivity index (χ0n) is 11.8. The summed E-state index contributed by atoms with van der Waals surface area (Å²) >= 11 is 0. The van der Waals surface area contributed by atoms with Crippen molar-refractivity contribution in [3.05, 3.63) is 0 Å². The van der Waals surface area contributed by atoms with Gasteiger partial charge in [0.15, 0.2) is 0 Å². The number of carbonyl (C=O) groups is 1. The van der Waals surface area contributed by atoms with Crippen LogP contribution in [0.15, 0.2) is 0 Å². The Bertz CT molecular complexity index is 180. The van der Waals surface area contributed by atoms with Crippen molar-refractivity contribution in [1.82, 2.24) is 0 Å². The molecule has 0 fully saturated rings. The van der Waals surface area contributed by atoms with Crippen LogP contribution in [0.1, 0.15) is 85.5 Å². The van der Waals surface area contributed by atoms with Crippen molar-refractivity contribution in [2.24, 2.45) is 5.41 Å². The number of unbranched alkanes of at least 4 members (excludes halogenated alkanes) is 3. The second kappa shape index (κ2) is 8.78. The van der Waals surface area contributed by atoms with Gasteiger partial charge in [-0.2, -0.15) is 0 Å². The van der Waals surface area contributed by atoms with Gasteiger partial charge in [-0.3, -0.25) is 4.79 Å². The fourth-order valence-corrected chi connectivity index (χ4v) is 2.45. The van der Waals surface area contributed by atoms with Crippen molar-refractivity contribution in [2.75, 3.05) is 0 Å². The third-order valence-electron chi connectivity index (χ3n) is 3.96. The van der Waals surface area contributed by atoms with Gasteiger partial charge in [-0.15, -0.1) is 0 Å². The van der Waals surface area contributed by atoms with Gasteiger partial charge in [0.2, 0.25) is 0 Å². The molecule has 0 aliphatic heterocycles. The van der Waals surface area contributed by atoms with E-state index in [-0.39, 0.29) is 5.41 Å². The number of Topliss-reactive ketones (excluding diaryl/α,β-unsaturated/α-hetero) is 1. The van der Waals surface area contributed by atoms with E-state index in [0.29, 0.717) is 5.78 Å². The van der Waals surface area contributed by atoms with Gasteiger partial charge in [-0.05, 0) is 25.7 Å². The lowest BCUT2D eigenvalue weighted by atomic mass is 9.73. The lowest BCUT2D eigenvalue weighted by Crippen LogP contribution is -2.29. The van der Waals surface area contributed by atoms with Crippen LogP contribution in [0, 0.1) is 5.41 Å². The van der Waals surface area contributed by atoms with Gasteiger partial charge in [0.1, 0.15) is 5.78 Å². The van der Waals surface area contributed by atoms with Crippen LogP contribution in [0.25, 0.3) is 0 Å². The van der Waals surface area contributed by atoms with Crippen LogP contribution in [0.2, 0.25) is 0 Å². The molecule has 0 bridgehead atoms. The first kappa shape index (κ1) is 15.7. The molecule has 0 saturated carbocycles. The maximum Gasteiger partial charge on any atom is 0.139 e.